The standard InChI is InChI=1S/C21H23N5O3S2/c1-3-13-8-9-17-14(10-13)11-18(31-17)20-23-24-21(25(20)2)30-12-19(27)22-15-6-4-5-7-16(15)26(28)29/h4-7,11,13H,3,8-10,12H2,1-2H3,(H,22,27). The van der Waals surface area contributed by atoms with E-state index < -0.39 is 4.92 Å². The van der Waals surface area contributed by atoms with Gasteiger partial charge in [0.25, 0.3) is 5.69 Å². The number of aryl methyl sites for hydroxylation is 1. The topological polar surface area (TPSA) is 103 Å². The molecule has 0 saturated heterocycles. The van der Waals surface area contributed by atoms with E-state index in [1.54, 1.807) is 23.5 Å². The number of rotatable bonds is 7. The highest BCUT2D eigenvalue weighted by Gasteiger charge is 2.23. The zero-order valence-electron chi connectivity index (χ0n) is 17.3. The van der Waals surface area contributed by atoms with Crippen LogP contribution >= 0.6 is 23.1 Å². The Balaban J connectivity index is 1.42. The Morgan fingerprint density at radius 1 is 1.39 bits per heavy atom. The lowest BCUT2D eigenvalue weighted by Gasteiger charge is -2.19. The van der Waals surface area contributed by atoms with Crippen molar-refractivity contribution in [3.63, 3.8) is 0 Å². The highest BCUT2D eigenvalue weighted by Crippen LogP contribution is 2.38. The van der Waals surface area contributed by atoms with Gasteiger partial charge in [-0.15, -0.1) is 21.5 Å². The van der Waals surface area contributed by atoms with Crippen LogP contribution in [0.2, 0.25) is 0 Å². The number of hydrogen-bond acceptors (Lipinski definition) is 7. The van der Waals surface area contributed by atoms with Crippen molar-refractivity contribution in [3.8, 4) is 10.7 Å². The van der Waals surface area contributed by atoms with Gasteiger partial charge in [-0.2, -0.15) is 0 Å². The van der Waals surface area contributed by atoms with Crippen LogP contribution in [0.15, 0.2) is 35.5 Å². The van der Waals surface area contributed by atoms with E-state index in [4.69, 9.17) is 0 Å². The molecule has 0 fully saturated rings. The zero-order valence-corrected chi connectivity index (χ0v) is 19.0. The molecule has 0 saturated carbocycles. The Hall–Kier alpha value is -2.72. The van der Waals surface area contributed by atoms with E-state index >= 15 is 0 Å². The predicted octanol–water partition coefficient (Wildman–Crippen LogP) is 4.70. The number of fused-ring (bicyclic) bond motifs is 1. The van der Waals surface area contributed by atoms with Gasteiger partial charge in [-0.05, 0) is 42.9 Å². The molecule has 1 aromatic carbocycles. The third-order valence-corrected chi connectivity index (χ3v) is 7.78. The van der Waals surface area contributed by atoms with E-state index in [0.717, 1.165) is 29.5 Å². The molecule has 2 heterocycles. The molecule has 0 radical (unpaired) electrons. The molecule has 31 heavy (non-hydrogen) atoms. The molecular weight excluding hydrogens is 434 g/mol. The first-order valence-electron chi connectivity index (χ1n) is 10.1. The highest BCUT2D eigenvalue weighted by molar-refractivity contribution is 7.99. The largest absolute Gasteiger partial charge is 0.320 e. The zero-order chi connectivity index (χ0) is 22.0. The van der Waals surface area contributed by atoms with Crippen LogP contribution in [0.5, 0.6) is 0 Å². The summed E-state index contributed by atoms with van der Waals surface area (Å²) in [7, 11) is 1.89. The summed E-state index contributed by atoms with van der Waals surface area (Å²) in [6, 6.07) is 8.33. The molecule has 1 atom stereocenters. The number of carbonyl (C=O) groups is 1. The van der Waals surface area contributed by atoms with Crippen LogP contribution < -0.4 is 5.32 Å². The molecule has 8 nitrogen and oxygen atoms in total. The monoisotopic (exact) mass is 457 g/mol. The number of amides is 1. The molecule has 1 amide bonds. The first-order valence-corrected chi connectivity index (χ1v) is 11.9. The molecule has 1 N–H and O–H groups in total. The third kappa shape index (κ3) is 4.64. The number of thioether (sulfide) groups is 1. The van der Waals surface area contributed by atoms with Gasteiger partial charge in [-0.25, -0.2) is 0 Å². The van der Waals surface area contributed by atoms with Gasteiger partial charge in [-0.3, -0.25) is 14.9 Å². The number of benzene rings is 1. The minimum absolute atomic E-state index is 0.0805. The molecule has 0 aliphatic heterocycles. The van der Waals surface area contributed by atoms with Crippen LogP contribution in [0.3, 0.4) is 0 Å². The minimum atomic E-state index is -0.513. The van der Waals surface area contributed by atoms with Gasteiger partial charge < -0.3 is 9.88 Å². The van der Waals surface area contributed by atoms with E-state index in [9.17, 15) is 14.9 Å². The predicted molar refractivity (Wildman–Crippen MR) is 123 cm³/mol. The molecule has 10 heteroatoms. The Labute approximate surface area is 188 Å². The lowest BCUT2D eigenvalue weighted by molar-refractivity contribution is -0.383. The number of hydrogen-bond donors (Lipinski definition) is 1. The molecular formula is C21H23N5O3S2. The van der Waals surface area contributed by atoms with Gasteiger partial charge >= 0.3 is 0 Å². The number of nitro groups is 1. The van der Waals surface area contributed by atoms with E-state index in [2.05, 4.69) is 28.5 Å². The van der Waals surface area contributed by atoms with Gasteiger partial charge in [-0.1, -0.05) is 37.2 Å². The summed E-state index contributed by atoms with van der Waals surface area (Å²) in [6.07, 6.45) is 4.72. The van der Waals surface area contributed by atoms with Crippen molar-refractivity contribution in [2.45, 2.75) is 37.8 Å². The summed E-state index contributed by atoms with van der Waals surface area (Å²) in [5.41, 5.74) is 1.49. The second-order valence-corrected chi connectivity index (χ2v) is 9.63. The quantitative estimate of drug-likeness (QED) is 0.313. The van der Waals surface area contributed by atoms with Crippen molar-refractivity contribution in [1.82, 2.24) is 14.8 Å². The van der Waals surface area contributed by atoms with Crippen LogP contribution in [-0.2, 0) is 24.7 Å². The van der Waals surface area contributed by atoms with Crippen LogP contribution in [0.4, 0.5) is 11.4 Å². The van der Waals surface area contributed by atoms with Crippen molar-refractivity contribution < 1.29 is 9.72 Å². The van der Waals surface area contributed by atoms with Crippen molar-refractivity contribution in [2.75, 3.05) is 11.1 Å². The van der Waals surface area contributed by atoms with Crippen LogP contribution in [-0.4, -0.2) is 31.3 Å². The number of para-hydroxylation sites is 2. The molecule has 0 spiro atoms. The van der Waals surface area contributed by atoms with Gasteiger partial charge in [0.1, 0.15) is 5.69 Å². The number of anilines is 1. The normalized spacial score (nSPS) is 15.5. The van der Waals surface area contributed by atoms with Gasteiger partial charge in [0.05, 0.1) is 15.6 Å². The number of nitrogens with zero attached hydrogens (tertiary/aromatic N) is 4. The van der Waals surface area contributed by atoms with Crippen molar-refractivity contribution in [2.24, 2.45) is 13.0 Å². The molecule has 1 unspecified atom stereocenters. The first kappa shape index (κ1) is 21.5. The van der Waals surface area contributed by atoms with Crippen LogP contribution in [0.1, 0.15) is 30.2 Å². The maximum Gasteiger partial charge on any atom is 0.292 e. The third-order valence-electron chi connectivity index (χ3n) is 5.52. The molecule has 1 aliphatic rings. The minimum Gasteiger partial charge on any atom is -0.320 e. The van der Waals surface area contributed by atoms with Crippen molar-refractivity contribution in [1.29, 1.82) is 0 Å². The summed E-state index contributed by atoms with van der Waals surface area (Å²) in [6.45, 7) is 2.25. The van der Waals surface area contributed by atoms with Crippen molar-refractivity contribution in [3.05, 3.63) is 50.9 Å². The molecule has 1 aliphatic carbocycles. The van der Waals surface area contributed by atoms with Gasteiger partial charge in [0.2, 0.25) is 5.91 Å². The highest BCUT2D eigenvalue weighted by atomic mass is 32.2. The molecule has 4 rings (SSSR count). The Morgan fingerprint density at radius 3 is 2.97 bits per heavy atom. The Kier molecular flexibility index (Phi) is 6.38. The molecule has 0 bridgehead atoms. The van der Waals surface area contributed by atoms with E-state index in [1.165, 1.54) is 47.2 Å². The summed E-state index contributed by atoms with van der Waals surface area (Å²) in [4.78, 5) is 25.5. The lowest BCUT2D eigenvalue weighted by atomic mass is 9.87. The summed E-state index contributed by atoms with van der Waals surface area (Å²) in [5, 5.41) is 22.9. The molecule has 2 aromatic heterocycles. The maximum atomic E-state index is 12.3. The van der Waals surface area contributed by atoms with Gasteiger partial charge in [0, 0.05) is 18.0 Å². The maximum absolute atomic E-state index is 12.3. The lowest BCUT2D eigenvalue weighted by Crippen LogP contribution is -2.15. The smallest absolute Gasteiger partial charge is 0.292 e. The number of aromatic nitrogens is 3. The number of nitro benzene ring substituents is 1. The number of thiophene rings is 1. The second kappa shape index (κ2) is 9.19. The number of carbonyl (C=O) groups excluding carboxylic acids is 1. The molecule has 3 aromatic rings. The molecule has 162 valence electrons. The average molecular weight is 458 g/mol. The number of nitrogens with one attached hydrogen (secondary N) is 1. The Bertz CT molecular complexity index is 1120. The van der Waals surface area contributed by atoms with Gasteiger partial charge in [0.15, 0.2) is 11.0 Å². The van der Waals surface area contributed by atoms with E-state index in [-0.39, 0.29) is 23.0 Å². The summed E-state index contributed by atoms with van der Waals surface area (Å²) >= 11 is 3.04. The van der Waals surface area contributed by atoms with Crippen LogP contribution in [0, 0.1) is 16.0 Å². The fourth-order valence-corrected chi connectivity index (χ4v) is 5.71. The Morgan fingerprint density at radius 2 is 2.19 bits per heavy atom. The second-order valence-electron chi connectivity index (χ2n) is 7.55. The van der Waals surface area contributed by atoms with Crippen molar-refractivity contribution >= 4 is 40.4 Å². The van der Waals surface area contributed by atoms with E-state index in [0.29, 0.717) is 5.16 Å². The van der Waals surface area contributed by atoms with E-state index in [1.807, 2.05) is 11.6 Å². The first-order chi connectivity index (χ1) is 15.0. The van der Waals surface area contributed by atoms with Crippen LogP contribution in [0.25, 0.3) is 10.7 Å². The summed E-state index contributed by atoms with van der Waals surface area (Å²) in [5.74, 6) is 1.31. The fourth-order valence-electron chi connectivity index (χ4n) is 3.77. The summed E-state index contributed by atoms with van der Waals surface area (Å²) < 4.78 is 1.90. The average Bonchev–Trinajstić information content (AvgIpc) is 3.34. The SMILES string of the molecule is CCC1CCc2sc(-c3nnc(SCC(=O)Nc4ccccc4[N+](=O)[O-])n3C)cc2C1. The fraction of sp³-hybridized carbons (Fsp3) is 0.381.